The molecule has 1 aliphatic heterocycles. The average molecular weight is 453 g/mol. The highest BCUT2D eigenvalue weighted by atomic mass is 35.5. The summed E-state index contributed by atoms with van der Waals surface area (Å²) >= 11 is 13.0. The maximum absolute atomic E-state index is 13.2. The van der Waals surface area contributed by atoms with Crippen LogP contribution < -0.4 is 15.0 Å². The van der Waals surface area contributed by atoms with Crippen molar-refractivity contribution in [3.63, 3.8) is 0 Å². The van der Waals surface area contributed by atoms with Crippen molar-refractivity contribution in [3.05, 3.63) is 51.8 Å². The Morgan fingerprint density at radius 1 is 1.23 bits per heavy atom. The summed E-state index contributed by atoms with van der Waals surface area (Å²) in [5.41, 5.74) is 1.17. The Morgan fingerprint density at radius 3 is 2.47 bits per heavy atom. The van der Waals surface area contributed by atoms with Crippen LogP contribution in [0.4, 0.5) is 15.8 Å². The van der Waals surface area contributed by atoms with Crippen LogP contribution in [-0.4, -0.2) is 17.9 Å². The number of hydrogen-bond donors (Lipinski definition) is 1. The lowest BCUT2D eigenvalue weighted by atomic mass is 9.92. The standard InChI is InChI=1S/C22H23Cl2FN2O3/c1-12-21(29)27(11-13-5-7-14(25)8-6-13)16-9-15(23)19(18(24)20(16)30-12)26-17(28)10-22(2,3)4/h5-9,12H,10-11H2,1-4H3,(H,26,28). The molecule has 0 aliphatic carbocycles. The van der Waals surface area contributed by atoms with E-state index in [4.69, 9.17) is 27.9 Å². The lowest BCUT2D eigenvalue weighted by Crippen LogP contribution is -2.44. The van der Waals surface area contributed by atoms with Gasteiger partial charge in [0.15, 0.2) is 11.9 Å². The van der Waals surface area contributed by atoms with Crippen molar-refractivity contribution in [2.75, 3.05) is 10.2 Å². The van der Waals surface area contributed by atoms with Crippen LogP contribution in [0.5, 0.6) is 5.75 Å². The number of amides is 2. The Labute approximate surface area is 185 Å². The third-order valence-corrected chi connectivity index (χ3v) is 5.22. The zero-order chi connectivity index (χ0) is 22.2. The minimum Gasteiger partial charge on any atom is -0.477 e. The SMILES string of the molecule is CC1Oc2c(cc(Cl)c(NC(=O)CC(C)(C)C)c2Cl)N(Cc2ccc(F)cc2)C1=O. The molecule has 0 aromatic heterocycles. The zero-order valence-corrected chi connectivity index (χ0v) is 18.7. The van der Waals surface area contributed by atoms with Crippen molar-refractivity contribution in [1.29, 1.82) is 0 Å². The van der Waals surface area contributed by atoms with Gasteiger partial charge in [-0.2, -0.15) is 0 Å². The van der Waals surface area contributed by atoms with Crippen molar-refractivity contribution in [1.82, 2.24) is 0 Å². The number of anilines is 2. The molecule has 0 bridgehead atoms. The molecular weight excluding hydrogens is 430 g/mol. The fourth-order valence-corrected chi connectivity index (χ4v) is 3.77. The first-order valence-corrected chi connectivity index (χ1v) is 10.3. The van der Waals surface area contributed by atoms with Gasteiger partial charge in [-0.1, -0.05) is 56.1 Å². The van der Waals surface area contributed by atoms with Gasteiger partial charge in [0.05, 0.1) is 22.9 Å². The Bertz CT molecular complexity index is 987. The second kappa shape index (κ2) is 8.44. The third kappa shape index (κ3) is 4.87. The van der Waals surface area contributed by atoms with Crippen LogP contribution in [0.25, 0.3) is 0 Å². The fraction of sp³-hybridized carbons (Fsp3) is 0.364. The minimum absolute atomic E-state index is 0.128. The number of rotatable bonds is 4. The summed E-state index contributed by atoms with van der Waals surface area (Å²) in [5.74, 6) is -0.596. The van der Waals surface area contributed by atoms with E-state index in [1.807, 2.05) is 20.8 Å². The molecule has 1 N–H and O–H groups in total. The summed E-state index contributed by atoms with van der Waals surface area (Å²) in [5, 5.41) is 3.07. The number of carbonyl (C=O) groups excluding carboxylic acids is 2. The van der Waals surface area contributed by atoms with E-state index in [1.54, 1.807) is 25.1 Å². The molecule has 8 heteroatoms. The molecule has 0 spiro atoms. The Hall–Kier alpha value is -2.31. The maximum atomic E-state index is 13.2. The van der Waals surface area contributed by atoms with E-state index < -0.39 is 6.10 Å². The van der Waals surface area contributed by atoms with Crippen LogP contribution in [-0.2, 0) is 16.1 Å². The van der Waals surface area contributed by atoms with Gasteiger partial charge in [0.25, 0.3) is 5.91 Å². The number of nitrogens with one attached hydrogen (secondary N) is 1. The average Bonchev–Trinajstić information content (AvgIpc) is 2.64. The normalized spacial score (nSPS) is 16.2. The van der Waals surface area contributed by atoms with Crippen LogP contribution in [0, 0.1) is 11.2 Å². The van der Waals surface area contributed by atoms with Gasteiger partial charge in [0.1, 0.15) is 10.8 Å². The van der Waals surface area contributed by atoms with Crippen LogP contribution in [0.2, 0.25) is 10.0 Å². The minimum atomic E-state index is -0.783. The highest BCUT2D eigenvalue weighted by molar-refractivity contribution is 6.41. The van der Waals surface area contributed by atoms with Gasteiger partial charge >= 0.3 is 0 Å². The molecule has 1 aliphatic rings. The molecule has 0 saturated carbocycles. The molecule has 2 aromatic carbocycles. The van der Waals surface area contributed by atoms with Crippen LogP contribution in [0.15, 0.2) is 30.3 Å². The molecule has 2 aromatic rings. The van der Waals surface area contributed by atoms with Gasteiger partial charge in [-0.25, -0.2) is 4.39 Å². The van der Waals surface area contributed by atoms with E-state index in [-0.39, 0.29) is 57.5 Å². The molecule has 0 fully saturated rings. The first kappa shape index (κ1) is 22.4. The number of halogens is 3. The fourth-order valence-electron chi connectivity index (χ4n) is 3.18. The highest BCUT2D eigenvalue weighted by Crippen LogP contribution is 2.48. The molecule has 5 nitrogen and oxygen atoms in total. The number of benzene rings is 2. The molecule has 30 heavy (non-hydrogen) atoms. The lowest BCUT2D eigenvalue weighted by molar-refractivity contribution is -0.125. The van der Waals surface area contributed by atoms with Crippen molar-refractivity contribution in [3.8, 4) is 5.75 Å². The molecule has 0 radical (unpaired) electrons. The summed E-state index contributed by atoms with van der Waals surface area (Å²) in [6.45, 7) is 7.67. The summed E-state index contributed by atoms with van der Waals surface area (Å²) < 4.78 is 19.0. The number of fused-ring (bicyclic) bond motifs is 1. The summed E-state index contributed by atoms with van der Waals surface area (Å²) in [7, 11) is 0. The monoisotopic (exact) mass is 452 g/mol. The van der Waals surface area contributed by atoms with Gasteiger partial charge in [-0.15, -0.1) is 0 Å². The van der Waals surface area contributed by atoms with E-state index in [9.17, 15) is 14.0 Å². The van der Waals surface area contributed by atoms with Gasteiger partial charge in [0.2, 0.25) is 5.91 Å². The Morgan fingerprint density at radius 2 is 1.87 bits per heavy atom. The third-order valence-electron chi connectivity index (χ3n) is 4.56. The Balaban J connectivity index is 1.97. The second-order valence-electron chi connectivity index (χ2n) is 8.49. The largest absolute Gasteiger partial charge is 0.477 e. The molecular formula is C22H23Cl2FN2O3. The van der Waals surface area contributed by atoms with Crippen LogP contribution in [0.3, 0.4) is 0 Å². The van der Waals surface area contributed by atoms with Crippen LogP contribution in [0.1, 0.15) is 39.7 Å². The quantitative estimate of drug-likeness (QED) is 0.635. The first-order chi connectivity index (χ1) is 14.0. The molecule has 1 atom stereocenters. The Kier molecular flexibility index (Phi) is 6.29. The maximum Gasteiger partial charge on any atom is 0.268 e. The van der Waals surface area contributed by atoms with E-state index in [0.29, 0.717) is 5.69 Å². The lowest BCUT2D eigenvalue weighted by Gasteiger charge is -2.34. The van der Waals surface area contributed by atoms with E-state index in [1.165, 1.54) is 17.0 Å². The molecule has 2 amide bonds. The second-order valence-corrected chi connectivity index (χ2v) is 9.28. The molecule has 160 valence electrons. The highest BCUT2D eigenvalue weighted by Gasteiger charge is 2.35. The predicted molar refractivity (Wildman–Crippen MR) is 117 cm³/mol. The van der Waals surface area contributed by atoms with E-state index in [0.717, 1.165) is 5.56 Å². The van der Waals surface area contributed by atoms with E-state index >= 15 is 0 Å². The molecule has 0 saturated heterocycles. The molecule has 1 heterocycles. The summed E-state index contributed by atoms with van der Waals surface area (Å²) in [4.78, 5) is 26.7. The van der Waals surface area contributed by atoms with Gasteiger partial charge in [-0.3, -0.25) is 9.59 Å². The smallest absolute Gasteiger partial charge is 0.268 e. The van der Waals surface area contributed by atoms with Gasteiger partial charge in [-0.05, 0) is 36.1 Å². The van der Waals surface area contributed by atoms with Crippen molar-refractivity contribution in [2.45, 2.75) is 46.8 Å². The molecule has 1 unspecified atom stereocenters. The number of nitrogens with zero attached hydrogens (tertiary/aromatic N) is 1. The van der Waals surface area contributed by atoms with Crippen LogP contribution >= 0.6 is 23.2 Å². The van der Waals surface area contributed by atoms with Gasteiger partial charge in [0, 0.05) is 6.42 Å². The van der Waals surface area contributed by atoms with Crippen molar-refractivity contribution in [2.24, 2.45) is 5.41 Å². The summed E-state index contributed by atoms with van der Waals surface area (Å²) in [6.07, 6.45) is -0.502. The summed E-state index contributed by atoms with van der Waals surface area (Å²) in [6, 6.07) is 7.42. The molecule has 3 rings (SSSR count). The number of carbonyl (C=O) groups is 2. The van der Waals surface area contributed by atoms with Crippen molar-refractivity contribution < 1.29 is 18.7 Å². The van der Waals surface area contributed by atoms with E-state index in [2.05, 4.69) is 5.32 Å². The number of hydrogen-bond acceptors (Lipinski definition) is 3. The predicted octanol–water partition coefficient (Wildman–Crippen LogP) is 5.82. The first-order valence-electron chi connectivity index (χ1n) is 9.50. The zero-order valence-electron chi connectivity index (χ0n) is 17.2. The van der Waals surface area contributed by atoms with Gasteiger partial charge < -0.3 is 15.0 Å². The number of ether oxygens (including phenoxy) is 1. The van der Waals surface area contributed by atoms with Crippen molar-refractivity contribution >= 4 is 46.4 Å². The topological polar surface area (TPSA) is 58.6 Å².